The molecule has 0 atom stereocenters. The summed E-state index contributed by atoms with van der Waals surface area (Å²) in [5.74, 6) is -0.000637. The number of nitrogens with zero attached hydrogens (tertiary/aromatic N) is 1. The second-order valence-electron chi connectivity index (χ2n) is 3.90. The van der Waals surface area contributed by atoms with E-state index in [4.69, 9.17) is 23.2 Å². The van der Waals surface area contributed by atoms with Crippen molar-refractivity contribution in [2.45, 2.75) is 12.8 Å². The topological polar surface area (TPSA) is 30.0 Å². The van der Waals surface area contributed by atoms with Crippen molar-refractivity contribution in [3.05, 3.63) is 63.9 Å². The Kier molecular flexibility index (Phi) is 4.34. The monoisotopic (exact) mass is 279 g/mol. The molecular weight excluding hydrogens is 269 g/mol. The molecule has 0 saturated heterocycles. The molecule has 0 unspecified atom stereocenters. The first-order valence-electron chi connectivity index (χ1n) is 5.54. The van der Waals surface area contributed by atoms with E-state index >= 15 is 0 Å². The zero-order valence-electron chi connectivity index (χ0n) is 9.57. The molecule has 0 saturated carbocycles. The minimum absolute atomic E-state index is 0.000637. The second-order valence-corrected chi connectivity index (χ2v) is 4.75. The first-order chi connectivity index (χ1) is 8.66. The molecule has 92 valence electrons. The number of rotatable bonds is 4. The molecule has 4 heteroatoms. The third-order valence-electron chi connectivity index (χ3n) is 2.62. The van der Waals surface area contributed by atoms with E-state index in [2.05, 4.69) is 4.98 Å². The Morgan fingerprint density at radius 3 is 2.56 bits per heavy atom. The fraction of sp³-hybridized carbons (Fsp3) is 0.143. The number of aromatic nitrogens is 1. The highest BCUT2D eigenvalue weighted by Crippen LogP contribution is 2.22. The average Bonchev–Trinajstić information content (AvgIpc) is 2.40. The molecule has 0 bridgehead atoms. The van der Waals surface area contributed by atoms with E-state index in [0.29, 0.717) is 28.5 Å². The molecule has 0 spiro atoms. The fourth-order valence-corrected chi connectivity index (χ4v) is 2.05. The number of carbonyl (C=O) groups excluding carboxylic acids is 1. The lowest BCUT2D eigenvalue weighted by Gasteiger charge is -2.04. The lowest BCUT2D eigenvalue weighted by Crippen LogP contribution is -2.02. The number of ketones is 1. The predicted octanol–water partition coefficient (Wildman–Crippen LogP) is 4.20. The van der Waals surface area contributed by atoms with Crippen molar-refractivity contribution in [1.29, 1.82) is 0 Å². The number of pyridine rings is 1. The van der Waals surface area contributed by atoms with E-state index in [1.54, 1.807) is 30.6 Å². The Labute approximate surface area is 116 Å². The van der Waals surface area contributed by atoms with Crippen molar-refractivity contribution in [3.63, 3.8) is 0 Å². The Morgan fingerprint density at radius 1 is 1.11 bits per heavy atom. The van der Waals surface area contributed by atoms with Crippen molar-refractivity contribution >= 4 is 29.0 Å². The minimum atomic E-state index is -0.000637. The zero-order valence-corrected chi connectivity index (χ0v) is 11.1. The van der Waals surface area contributed by atoms with Crippen molar-refractivity contribution in [2.75, 3.05) is 0 Å². The molecule has 2 nitrogen and oxygen atoms in total. The SMILES string of the molecule is O=C(CCc1ccncc1)c1cc(Cl)ccc1Cl. The van der Waals surface area contributed by atoms with Gasteiger partial charge in [-0.05, 0) is 42.3 Å². The largest absolute Gasteiger partial charge is 0.294 e. The summed E-state index contributed by atoms with van der Waals surface area (Å²) in [6.07, 6.45) is 4.51. The van der Waals surface area contributed by atoms with Crippen molar-refractivity contribution in [3.8, 4) is 0 Å². The molecule has 0 amide bonds. The third-order valence-corrected chi connectivity index (χ3v) is 3.18. The fourth-order valence-electron chi connectivity index (χ4n) is 1.65. The van der Waals surface area contributed by atoms with Gasteiger partial charge in [0.05, 0.1) is 5.02 Å². The number of hydrogen-bond acceptors (Lipinski definition) is 2. The van der Waals surface area contributed by atoms with Gasteiger partial charge in [-0.3, -0.25) is 9.78 Å². The van der Waals surface area contributed by atoms with Crippen molar-refractivity contribution in [2.24, 2.45) is 0 Å². The van der Waals surface area contributed by atoms with Gasteiger partial charge >= 0.3 is 0 Å². The molecule has 1 heterocycles. The Bertz CT molecular complexity index is 555. The van der Waals surface area contributed by atoms with Gasteiger partial charge in [-0.1, -0.05) is 23.2 Å². The Balaban J connectivity index is 2.06. The highest BCUT2D eigenvalue weighted by Gasteiger charge is 2.11. The molecule has 2 rings (SSSR count). The van der Waals surface area contributed by atoms with Crippen LogP contribution in [-0.2, 0) is 6.42 Å². The van der Waals surface area contributed by atoms with Crippen LogP contribution in [0.5, 0.6) is 0 Å². The number of benzene rings is 1. The third kappa shape index (κ3) is 3.31. The molecule has 0 aliphatic rings. The van der Waals surface area contributed by atoms with Gasteiger partial charge in [0.25, 0.3) is 0 Å². The summed E-state index contributed by atoms with van der Waals surface area (Å²) in [5, 5.41) is 0.964. The van der Waals surface area contributed by atoms with Crippen molar-refractivity contribution in [1.82, 2.24) is 4.98 Å². The summed E-state index contributed by atoms with van der Waals surface area (Å²) in [6.45, 7) is 0. The van der Waals surface area contributed by atoms with Gasteiger partial charge in [-0.15, -0.1) is 0 Å². The second kappa shape index (κ2) is 5.98. The van der Waals surface area contributed by atoms with Gasteiger partial charge in [-0.2, -0.15) is 0 Å². The van der Waals surface area contributed by atoms with Gasteiger partial charge in [0.1, 0.15) is 0 Å². The van der Waals surface area contributed by atoms with Crippen molar-refractivity contribution < 1.29 is 4.79 Å². The van der Waals surface area contributed by atoms with Crippen LogP contribution in [0.3, 0.4) is 0 Å². The lowest BCUT2D eigenvalue weighted by atomic mass is 10.0. The Morgan fingerprint density at radius 2 is 1.83 bits per heavy atom. The minimum Gasteiger partial charge on any atom is -0.294 e. The molecule has 0 aliphatic heterocycles. The lowest BCUT2D eigenvalue weighted by molar-refractivity contribution is 0.0983. The van der Waals surface area contributed by atoms with Crippen LogP contribution in [0.2, 0.25) is 10.0 Å². The van der Waals surface area contributed by atoms with Crippen LogP contribution in [0.15, 0.2) is 42.7 Å². The average molecular weight is 280 g/mol. The maximum Gasteiger partial charge on any atom is 0.164 e. The maximum absolute atomic E-state index is 12.0. The van der Waals surface area contributed by atoms with Gasteiger partial charge in [0, 0.05) is 29.4 Å². The number of carbonyl (C=O) groups is 1. The molecule has 0 N–H and O–H groups in total. The van der Waals surface area contributed by atoms with E-state index in [-0.39, 0.29) is 5.78 Å². The first-order valence-corrected chi connectivity index (χ1v) is 6.29. The van der Waals surface area contributed by atoms with E-state index in [9.17, 15) is 4.79 Å². The zero-order chi connectivity index (χ0) is 13.0. The summed E-state index contributed by atoms with van der Waals surface area (Å²) in [5.41, 5.74) is 1.56. The molecule has 0 aliphatic carbocycles. The van der Waals surface area contributed by atoms with E-state index in [1.165, 1.54) is 0 Å². The highest BCUT2D eigenvalue weighted by molar-refractivity contribution is 6.35. The van der Waals surface area contributed by atoms with Crippen LogP contribution in [0.25, 0.3) is 0 Å². The summed E-state index contributed by atoms with van der Waals surface area (Å²) >= 11 is 11.8. The number of Topliss-reactive ketones (excluding diaryl/α,β-unsaturated/α-hetero) is 1. The van der Waals surface area contributed by atoms with E-state index < -0.39 is 0 Å². The first kappa shape index (κ1) is 13.1. The smallest absolute Gasteiger partial charge is 0.164 e. The summed E-state index contributed by atoms with van der Waals surface area (Å²) in [4.78, 5) is 16.0. The summed E-state index contributed by atoms with van der Waals surface area (Å²) < 4.78 is 0. The number of hydrogen-bond donors (Lipinski definition) is 0. The van der Waals surface area contributed by atoms with Crippen LogP contribution >= 0.6 is 23.2 Å². The maximum atomic E-state index is 12.0. The Hall–Kier alpha value is -1.38. The predicted molar refractivity (Wildman–Crippen MR) is 73.4 cm³/mol. The summed E-state index contributed by atoms with van der Waals surface area (Å²) in [6, 6.07) is 8.71. The number of halogens is 2. The molecule has 0 radical (unpaired) electrons. The molecule has 18 heavy (non-hydrogen) atoms. The van der Waals surface area contributed by atoms with Gasteiger partial charge < -0.3 is 0 Å². The van der Waals surface area contributed by atoms with E-state index in [1.807, 2.05) is 12.1 Å². The van der Waals surface area contributed by atoms with Crippen LogP contribution in [0.1, 0.15) is 22.3 Å². The standard InChI is InChI=1S/C14H11Cl2NO/c15-11-2-3-13(16)12(9-11)14(18)4-1-10-5-7-17-8-6-10/h2-3,5-9H,1,4H2. The van der Waals surface area contributed by atoms with Crippen LogP contribution in [-0.4, -0.2) is 10.8 Å². The van der Waals surface area contributed by atoms with Crippen LogP contribution < -0.4 is 0 Å². The van der Waals surface area contributed by atoms with Crippen LogP contribution in [0.4, 0.5) is 0 Å². The van der Waals surface area contributed by atoms with Gasteiger partial charge in [0.2, 0.25) is 0 Å². The number of aryl methyl sites for hydroxylation is 1. The van der Waals surface area contributed by atoms with Gasteiger partial charge in [0.15, 0.2) is 5.78 Å². The van der Waals surface area contributed by atoms with Crippen LogP contribution in [0, 0.1) is 0 Å². The normalized spacial score (nSPS) is 10.3. The summed E-state index contributed by atoms with van der Waals surface area (Å²) in [7, 11) is 0. The molecule has 0 fully saturated rings. The van der Waals surface area contributed by atoms with E-state index in [0.717, 1.165) is 5.56 Å². The molecule has 1 aromatic heterocycles. The molecule has 1 aromatic carbocycles. The highest BCUT2D eigenvalue weighted by atomic mass is 35.5. The molecule has 2 aromatic rings. The quantitative estimate of drug-likeness (QED) is 0.785. The molecular formula is C14H11Cl2NO. The van der Waals surface area contributed by atoms with Gasteiger partial charge in [-0.25, -0.2) is 0 Å².